The van der Waals surface area contributed by atoms with Crippen LogP contribution < -0.4 is 11.1 Å². The molecule has 9 heteroatoms. The maximum atomic E-state index is 11.9. The molecule has 1 amide bonds. The Labute approximate surface area is 119 Å². The lowest BCUT2D eigenvalue weighted by Gasteiger charge is -2.03. The van der Waals surface area contributed by atoms with Crippen LogP contribution in [0.25, 0.3) is 0 Å². The van der Waals surface area contributed by atoms with Crippen molar-refractivity contribution in [3.8, 4) is 0 Å². The minimum Gasteiger partial charge on any atom is -0.478 e. The first-order valence-corrected chi connectivity index (χ1v) is 6.17. The van der Waals surface area contributed by atoms with E-state index < -0.39 is 11.9 Å². The lowest BCUT2D eigenvalue weighted by Crippen LogP contribution is -2.24. The number of aromatic carboxylic acids is 1. The Bertz CT molecular complexity index is 654. The lowest BCUT2D eigenvalue weighted by atomic mass is 10.2. The first-order chi connectivity index (χ1) is 10.1. The summed E-state index contributed by atoms with van der Waals surface area (Å²) in [6, 6.07) is 2.78. The number of carbonyl (C=O) groups is 2. The monoisotopic (exact) mass is 290 g/mol. The summed E-state index contributed by atoms with van der Waals surface area (Å²) in [5.41, 5.74) is 6.09. The van der Waals surface area contributed by atoms with E-state index in [4.69, 9.17) is 10.8 Å². The van der Waals surface area contributed by atoms with Gasteiger partial charge in [-0.1, -0.05) is 5.21 Å². The molecular weight excluding hydrogens is 276 g/mol. The SMILES string of the molecule is NCCn1cc(C(=O)NCc2cc(C(=O)O)ccn2)nn1. The highest BCUT2D eigenvalue weighted by molar-refractivity contribution is 5.91. The predicted octanol–water partition coefficient (Wildman–Crippen LogP) is -0.740. The third-order valence-electron chi connectivity index (χ3n) is 2.62. The molecule has 2 aromatic rings. The van der Waals surface area contributed by atoms with Gasteiger partial charge in [-0.05, 0) is 12.1 Å². The third-order valence-corrected chi connectivity index (χ3v) is 2.62. The normalized spacial score (nSPS) is 10.3. The highest BCUT2D eigenvalue weighted by atomic mass is 16.4. The summed E-state index contributed by atoms with van der Waals surface area (Å²) < 4.78 is 1.47. The summed E-state index contributed by atoms with van der Waals surface area (Å²) >= 11 is 0. The van der Waals surface area contributed by atoms with Crippen molar-refractivity contribution in [1.82, 2.24) is 25.3 Å². The van der Waals surface area contributed by atoms with E-state index in [9.17, 15) is 9.59 Å². The van der Waals surface area contributed by atoms with Crippen LogP contribution in [0.5, 0.6) is 0 Å². The van der Waals surface area contributed by atoms with E-state index in [2.05, 4.69) is 20.6 Å². The van der Waals surface area contributed by atoms with Gasteiger partial charge < -0.3 is 16.2 Å². The number of carboxylic acid groups (broad SMARTS) is 1. The van der Waals surface area contributed by atoms with Crippen LogP contribution in [0.1, 0.15) is 26.5 Å². The van der Waals surface area contributed by atoms with E-state index in [-0.39, 0.29) is 17.8 Å². The van der Waals surface area contributed by atoms with Gasteiger partial charge in [0.2, 0.25) is 0 Å². The van der Waals surface area contributed by atoms with Gasteiger partial charge in [-0.15, -0.1) is 5.10 Å². The van der Waals surface area contributed by atoms with Crippen LogP contribution in [-0.4, -0.2) is 43.5 Å². The molecule has 0 aliphatic rings. The summed E-state index contributed by atoms with van der Waals surface area (Å²) in [6.07, 6.45) is 2.87. The summed E-state index contributed by atoms with van der Waals surface area (Å²) in [5.74, 6) is -1.46. The molecule has 4 N–H and O–H groups in total. The zero-order valence-electron chi connectivity index (χ0n) is 11.1. The number of amides is 1. The Morgan fingerprint density at radius 1 is 1.43 bits per heavy atom. The van der Waals surface area contributed by atoms with Crippen LogP contribution in [-0.2, 0) is 13.1 Å². The molecule has 0 saturated carbocycles. The fourth-order valence-corrected chi connectivity index (χ4v) is 1.61. The predicted molar refractivity (Wildman–Crippen MR) is 71.4 cm³/mol. The van der Waals surface area contributed by atoms with Gasteiger partial charge in [0.25, 0.3) is 5.91 Å². The summed E-state index contributed by atoms with van der Waals surface area (Å²) in [5, 5.41) is 18.9. The van der Waals surface area contributed by atoms with Gasteiger partial charge in [0, 0.05) is 12.7 Å². The van der Waals surface area contributed by atoms with Gasteiger partial charge in [-0.3, -0.25) is 14.5 Å². The van der Waals surface area contributed by atoms with Gasteiger partial charge in [-0.25, -0.2) is 4.79 Å². The van der Waals surface area contributed by atoms with Gasteiger partial charge in [0.05, 0.1) is 30.5 Å². The molecule has 2 heterocycles. The Hall–Kier alpha value is -2.81. The Kier molecular flexibility index (Phi) is 4.57. The largest absolute Gasteiger partial charge is 0.478 e. The number of hydrogen-bond donors (Lipinski definition) is 3. The minimum atomic E-state index is -1.05. The van der Waals surface area contributed by atoms with E-state index in [1.807, 2.05) is 0 Å². The molecule has 0 aliphatic heterocycles. The molecule has 0 saturated heterocycles. The van der Waals surface area contributed by atoms with Crippen LogP contribution in [0.3, 0.4) is 0 Å². The van der Waals surface area contributed by atoms with Gasteiger partial charge in [-0.2, -0.15) is 0 Å². The summed E-state index contributed by atoms with van der Waals surface area (Å²) in [6.45, 7) is 0.975. The number of carboxylic acids is 1. The highest BCUT2D eigenvalue weighted by Crippen LogP contribution is 2.02. The number of pyridine rings is 1. The molecule has 0 spiro atoms. The molecule has 9 nitrogen and oxygen atoms in total. The number of carbonyl (C=O) groups excluding carboxylic acids is 1. The molecule has 0 atom stereocenters. The molecule has 0 unspecified atom stereocenters. The smallest absolute Gasteiger partial charge is 0.335 e. The van der Waals surface area contributed by atoms with Crippen molar-refractivity contribution in [1.29, 1.82) is 0 Å². The van der Waals surface area contributed by atoms with Crippen LogP contribution >= 0.6 is 0 Å². The Balaban J connectivity index is 1.97. The molecule has 21 heavy (non-hydrogen) atoms. The van der Waals surface area contributed by atoms with Crippen molar-refractivity contribution in [2.24, 2.45) is 5.73 Å². The van der Waals surface area contributed by atoms with E-state index >= 15 is 0 Å². The summed E-state index contributed by atoms with van der Waals surface area (Å²) in [7, 11) is 0. The molecular formula is C12H14N6O3. The maximum absolute atomic E-state index is 11.9. The molecule has 2 rings (SSSR count). The van der Waals surface area contributed by atoms with Crippen LogP contribution in [0.15, 0.2) is 24.5 Å². The van der Waals surface area contributed by atoms with Gasteiger partial charge in [0.15, 0.2) is 5.69 Å². The fourth-order valence-electron chi connectivity index (χ4n) is 1.61. The molecule has 0 aliphatic carbocycles. The average Bonchev–Trinajstić information content (AvgIpc) is 2.94. The standard InChI is InChI=1S/C12H14N6O3/c13-2-4-18-7-10(16-17-18)11(19)15-6-9-5-8(12(20)21)1-3-14-9/h1,3,5,7H,2,4,6,13H2,(H,15,19)(H,20,21). The number of nitrogens with two attached hydrogens (primary N) is 1. The van der Waals surface area contributed by atoms with Crippen molar-refractivity contribution in [2.75, 3.05) is 6.54 Å². The van der Waals surface area contributed by atoms with Crippen LogP contribution in [0, 0.1) is 0 Å². The maximum Gasteiger partial charge on any atom is 0.335 e. The van der Waals surface area contributed by atoms with E-state index in [0.717, 1.165) is 0 Å². The molecule has 0 bridgehead atoms. The zero-order chi connectivity index (χ0) is 15.2. The molecule has 2 aromatic heterocycles. The van der Waals surface area contributed by atoms with Crippen molar-refractivity contribution in [2.45, 2.75) is 13.1 Å². The lowest BCUT2D eigenvalue weighted by molar-refractivity contribution is 0.0696. The van der Waals surface area contributed by atoms with Crippen molar-refractivity contribution in [3.63, 3.8) is 0 Å². The molecule has 110 valence electrons. The minimum absolute atomic E-state index is 0.101. The average molecular weight is 290 g/mol. The van der Waals surface area contributed by atoms with Crippen LogP contribution in [0.2, 0.25) is 0 Å². The van der Waals surface area contributed by atoms with Gasteiger partial charge in [0.1, 0.15) is 0 Å². The Morgan fingerprint density at radius 3 is 2.95 bits per heavy atom. The quantitative estimate of drug-likeness (QED) is 0.637. The number of hydrogen-bond acceptors (Lipinski definition) is 6. The number of nitrogens with zero attached hydrogens (tertiary/aromatic N) is 4. The molecule has 0 aromatic carbocycles. The van der Waals surface area contributed by atoms with Crippen molar-refractivity contribution < 1.29 is 14.7 Å². The number of aromatic nitrogens is 4. The third kappa shape index (κ3) is 3.83. The first-order valence-electron chi connectivity index (χ1n) is 6.17. The molecule has 0 fully saturated rings. The second-order valence-electron chi connectivity index (χ2n) is 4.18. The highest BCUT2D eigenvalue weighted by Gasteiger charge is 2.11. The van der Waals surface area contributed by atoms with Gasteiger partial charge >= 0.3 is 5.97 Å². The van der Waals surface area contributed by atoms with E-state index in [1.165, 1.54) is 29.2 Å². The van der Waals surface area contributed by atoms with E-state index in [0.29, 0.717) is 18.8 Å². The van der Waals surface area contributed by atoms with Crippen molar-refractivity contribution >= 4 is 11.9 Å². The Morgan fingerprint density at radius 2 is 2.24 bits per heavy atom. The second kappa shape index (κ2) is 6.57. The number of rotatable bonds is 6. The van der Waals surface area contributed by atoms with E-state index in [1.54, 1.807) is 0 Å². The molecule has 0 radical (unpaired) electrons. The number of nitrogens with one attached hydrogen (secondary N) is 1. The zero-order valence-corrected chi connectivity index (χ0v) is 11.1. The first kappa shape index (κ1) is 14.6. The van der Waals surface area contributed by atoms with Crippen LogP contribution in [0.4, 0.5) is 0 Å². The van der Waals surface area contributed by atoms with Crippen molar-refractivity contribution in [3.05, 3.63) is 41.5 Å². The summed E-state index contributed by atoms with van der Waals surface area (Å²) in [4.78, 5) is 26.7. The fraction of sp³-hybridized carbons (Fsp3) is 0.250. The second-order valence-corrected chi connectivity index (χ2v) is 4.18. The topological polar surface area (TPSA) is 136 Å².